The van der Waals surface area contributed by atoms with Crippen LogP contribution in [0.1, 0.15) is 17.8 Å². The number of hydrogen-bond donors (Lipinski definition) is 0. The molecule has 0 aliphatic carbocycles. The maximum absolute atomic E-state index is 12.6. The van der Waals surface area contributed by atoms with E-state index >= 15 is 0 Å². The summed E-state index contributed by atoms with van der Waals surface area (Å²) >= 11 is 6.82. The van der Waals surface area contributed by atoms with E-state index in [1.807, 2.05) is 0 Å². The third kappa shape index (κ3) is 4.42. The zero-order valence-corrected chi connectivity index (χ0v) is 16.4. The molecule has 3 rings (SSSR count). The van der Waals surface area contributed by atoms with Crippen LogP contribution < -0.4 is 4.31 Å². The van der Waals surface area contributed by atoms with E-state index in [-0.39, 0.29) is 33.8 Å². The molecule has 0 radical (unpaired) electrons. The van der Waals surface area contributed by atoms with Gasteiger partial charge in [0.2, 0.25) is 10.0 Å². The van der Waals surface area contributed by atoms with Gasteiger partial charge >= 0.3 is 12.1 Å². The largest absolute Gasteiger partial charge is 0.470 e. The third-order valence-corrected chi connectivity index (χ3v) is 6.31. The van der Waals surface area contributed by atoms with Crippen molar-refractivity contribution in [3.63, 3.8) is 0 Å². The Morgan fingerprint density at radius 1 is 1.25 bits per heavy atom. The smallest absolute Gasteiger partial charge is 0.412 e. The molecular weight excluding hydrogens is 443 g/mol. The van der Waals surface area contributed by atoms with Crippen molar-refractivity contribution >= 4 is 38.6 Å². The highest BCUT2D eigenvalue weighted by Gasteiger charge is 2.38. The number of thiazole rings is 1. The molecule has 0 saturated carbocycles. The van der Waals surface area contributed by atoms with Crippen molar-refractivity contribution in [3.05, 3.63) is 40.6 Å². The summed E-state index contributed by atoms with van der Waals surface area (Å²) in [6, 6.07) is 1.43. The highest BCUT2D eigenvalue weighted by molar-refractivity contribution is 7.92. The highest BCUT2D eigenvalue weighted by Crippen LogP contribution is 2.33. The van der Waals surface area contributed by atoms with Crippen LogP contribution in [-0.2, 0) is 22.7 Å². The highest BCUT2D eigenvalue weighted by atomic mass is 35.5. The quantitative estimate of drug-likeness (QED) is 0.561. The molecule has 3 aromatic rings. The van der Waals surface area contributed by atoms with Gasteiger partial charge in [0.05, 0.1) is 35.4 Å². The summed E-state index contributed by atoms with van der Waals surface area (Å²) in [5.41, 5.74) is 0.239. The van der Waals surface area contributed by atoms with Crippen molar-refractivity contribution in [1.82, 2.24) is 20.2 Å². The second kappa shape index (κ2) is 7.64. The van der Waals surface area contributed by atoms with Gasteiger partial charge in [-0.2, -0.15) is 13.2 Å². The first kappa shape index (κ1) is 20.5. The molecule has 0 saturated heterocycles. The first-order valence-electron chi connectivity index (χ1n) is 7.57. The number of pyridine rings is 1. The molecule has 3 aromatic heterocycles. The summed E-state index contributed by atoms with van der Waals surface area (Å²) in [6.45, 7) is 1.31. The first-order valence-corrected chi connectivity index (χ1v) is 10.4. The maximum atomic E-state index is 12.6. The number of halogens is 4. The molecule has 0 aliphatic rings. The Morgan fingerprint density at radius 3 is 2.61 bits per heavy atom. The lowest BCUT2D eigenvalue weighted by Crippen LogP contribution is -2.31. The Morgan fingerprint density at radius 2 is 2.00 bits per heavy atom. The summed E-state index contributed by atoms with van der Waals surface area (Å²) < 4.78 is 68.4. The van der Waals surface area contributed by atoms with Crippen LogP contribution in [0.4, 0.5) is 18.9 Å². The van der Waals surface area contributed by atoms with Crippen LogP contribution in [0.2, 0.25) is 5.02 Å². The van der Waals surface area contributed by atoms with E-state index in [1.165, 1.54) is 31.6 Å². The number of hydrogen-bond acceptors (Lipinski definition) is 8. The molecule has 0 aromatic carbocycles. The molecule has 150 valence electrons. The fourth-order valence-electron chi connectivity index (χ4n) is 2.09. The number of aromatic nitrogens is 4. The predicted molar refractivity (Wildman–Crippen MR) is 95.3 cm³/mol. The van der Waals surface area contributed by atoms with Crippen LogP contribution in [-0.4, -0.2) is 34.3 Å². The van der Waals surface area contributed by atoms with Crippen LogP contribution in [0.15, 0.2) is 29.1 Å². The number of alkyl halides is 3. The van der Waals surface area contributed by atoms with Crippen molar-refractivity contribution in [3.8, 4) is 10.8 Å². The SMILES string of the molecule is CCS(=O)(=O)N(Cc1ncc(-c2nnc(C(F)(F)F)o2)s1)c1cncc(Cl)c1. The van der Waals surface area contributed by atoms with Crippen molar-refractivity contribution in [2.45, 2.75) is 19.6 Å². The van der Waals surface area contributed by atoms with Gasteiger partial charge in [0.25, 0.3) is 5.89 Å². The summed E-state index contributed by atoms with van der Waals surface area (Å²) in [5, 5.41) is 6.86. The van der Waals surface area contributed by atoms with E-state index in [2.05, 4.69) is 24.6 Å². The van der Waals surface area contributed by atoms with E-state index in [0.29, 0.717) is 5.01 Å². The fourth-order valence-corrected chi connectivity index (χ4v) is 4.22. The number of anilines is 1. The van der Waals surface area contributed by atoms with Crippen molar-refractivity contribution < 1.29 is 26.0 Å². The molecular formula is C14H11ClF3N5O3S2. The molecule has 0 N–H and O–H groups in total. The zero-order valence-electron chi connectivity index (χ0n) is 14.0. The number of nitrogens with zero attached hydrogens (tertiary/aromatic N) is 5. The summed E-state index contributed by atoms with van der Waals surface area (Å²) in [5.74, 6) is -2.01. The standard InChI is InChI=1S/C14H11ClF3N5O3S2/c1-2-28(24,25)23(9-3-8(15)4-19-5-9)7-11-20-6-10(27-11)12-21-22-13(26-12)14(16,17)18/h3-6H,2,7H2,1H3. The second-order valence-corrected chi connectivity index (χ2v) is 9.03. The van der Waals surface area contributed by atoms with E-state index in [4.69, 9.17) is 11.6 Å². The molecule has 0 atom stereocenters. The molecule has 14 heteroatoms. The minimum absolute atomic E-state index is 0.164. The third-order valence-electron chi connectivity index (χ3n) is 3.39. The minimum atomic E-state index is -4.76. The van der Waals surface area contributed by atoms with Gasteiger partial charge in [0.1, 0.15) is 9.88 Å². The van der Waals surface area contributed by atoms with Crippen molar-refractivity contribution in [2.24, 2.45) is 0 Å². The van der Waals surface area contributed by atoms with Gasteiger partial charge < -0.3 is 4.42 Å². The van der Waals surface area contributed by atoms with Crippen LogP contribution in [0, 0.1) is 0 Å². The summed E-state index contributed by atoms with van der Waals surface area (Å²) in [4.78, 5) is 8.10. The molecule has 0 amide bonds. The van der Waals surface area contributed by atoms with Gasteiger partial charge in [-0.05, 0) is 13.0 Å². The Kier molecular flexibility index (Phi) is 5.59. The van der Waals surface area contributed by atoms with Crippen LogP contribution in [0.25, 0.3) is 10.8 Å². The molecule has 0 unspecified atom stereocenters. The lowest BCUT2D eigenvalue weighted by molar-refractivity contribution is -0.156. The molecule has 8 nitrogen and oxygen atoms in total. The maximum Gasteiger partial charge on any atom is 0.470 e. The van der Waals surface area contributed by atoms with E-state index in [0.717, 1.165) is 15.6 Å². The van der Waals surface area contributed by atoms with Crippen LogP contribution >= 0.6 is 22.9 Å². The Labute approximate surface area is 166 Å². The van der Waals surface area contributed by atoms with Gasteiger partial charge in [-0.15, -0.1) is 21.5 Å². The zero-order chi connectivity index (χ0) is 20.5. The van der Waals surface area contributed by atoms with E-state index in [9.17, 15) is 21.6 Å². The monoisotopic (exact) mass is 453 g/mol. The van der Waals surface area contributed by atoms with Crippen LogP contribution in [0.5, 0.6) is 0 Å². The van der Waals surface area contributed by atoms with Gasteiger partial charge in [0, 0.05) is 6.20 Å². The number of rotatable bonds is 6. The van der Waals surface area contributed by atoms with Crippen molar-refractivity contribution in [2.75, 3.05) is 10.1 Å². The van der Waals surface area contributed by atoms with Gasteiger partial charge in [-0.1, -0.05) is 11.6 Å². The molecule has 3 heterocycles. The van der Waals surface area contributed by atoms with Gasteiger partial charge in [-0.25, -0.2) is 13.4 Å². The normalized spacial score (nSPS) is 12.3. The predicted octanol–water partition coefficient (Wildman–Crippen LogP) is 3.62. The number of sulfonamides is 1. The topological polar surface area (TPSA) is 102 Å². The molecule has 0 bridgehead atoms. The van der Waals surface area contributed by atoms with Crippen LogP contribution in [0.3, 0.4) is 0 Å². The average molecular weight is 454 g/mol. The van der Waals surface area contributed by atoms with Crippen molar-refractivity contribution in [1.29, 1.82) is 0 Å². The summed E-state index contributed by atoms with van der Waals surface area (Å²) in [6.07, 6.45) is -0.830. The summed E-state index contributed by atoms with van der Waals surface area (Å²) in [7, 11) is -3.70. The molecule has 0 fully saturated rings. The molecule has 0 spiro atoms. The van der Waals surface area contributed by atoms with Gasteiger partial charge in [-0.3, -0.25) is 9.29 Å². The van der Waals surface area contributed by atoms with E-state index < -0.39 is 22.1 Å². The average Bonchev–Trinajstić information content (AvgIpc) is 3.28. The molecule has 28 heavy (non-hydrogen) atoms. The first-order chi connectivity index (χ1) is 13.1. The fraction of sp³-hybridized carbons (Fsp3) is 0.286. The lowest BCUT2D eigenvalue weighted by Gasteiger charge is -2.22. The molecule has 0 aliphatic heterocycles. The lowest BCUT2D eigenvalue weighted by atomic mass is 10.4. The van der Waals surface area contributed by atoms with E-state index in [1.54, 1.807) is 0 Å². The Balaban J connectivity index is 1.90. The second-order valence-electron chi connectivity index (χ2n) is 5.30. The Bertz CT molecular complexity index is 1080. The minimum Gasteiger partial charge on any atom is -0.412 e. The Hall–Kier alpha value is -2.25. The van der Waals surface area contributed by atoms with Gasteiger partial charge in [0.15, 0.2) is 0 Å².